The summed E-state index contributed by atoms with van der Waals surface area (Å²) in [6.07, 6.45) is -15.8. The van der Waals surface area contributed by atoms with Crippen LogP contribution in [0.4, 0.5) is 87.8 Å². The first kappa shape index (κ1) is 31.8. The molecule has 0 fully saturated rings. The number of aliphatic hydroxyl groups excluding tert-OH is 1. The smallest absolute Gasteiger partial charge is 0.388 e. The van der Waals surface area contributed by atoms with Crippen LogP contribution in [0.5, 0.6) is 0 Å². The van der Waals surface area contributed by atoms with Crippen LogP contribution in [-0.2, 0) is 0 Å². The molecule has 1 atom stereocenters. The number of aliphatic hydroxyl groups is 1. The van der Waals surface area contributed by atoms with Crippen LogP contribution in [-0.4, -0.2) is 46.8 Å². The van der Waals surface area contributed by atoms with Crippen molar-refractivity contribution in [2.24, 2.45) is 0 Å². The number of rotatable bonds is 8. The van der Waals surface area contributed by atoms with Crippen molar-refractivity contribution in [2.45, 2.75) is 54.2 Å². The summed E-state index contributed by atoms with van der Waals surface area (Å²) >= 11 is 0. The molecule has 0 aliphatic carbocycles. The summed E-state index contributed by atoms with van der Waals surface area (Å²) in [6, 6.07) is 0. The van der Waals surface area contributed by atoms with Crippen molar-refractivity contribution in [3.05, 3.63) is 34.6 Å². The molecule has 1 aromatic carbocycles. The molecule has 1 aromatic rings. The third kappa shape index (κ3) is 4.19. The average Bonchev–Trinajstić information content (AvgIpc) is 2.68. The van der Waals surface area contributed by atoms with Gasteiger partial charge in [-0.05, 0) is 0 Å². The van der Waals surface area contributed by atoms with E-state index in [-0.39, 0.29) is 0 Å². The van der Waals surface area contributed by atoms with Crippen molar-refractivity contribution in [1.82, 2.24) is 0 Å². The highest BCUT2D eigenvalue weighted by Gasteiger charge is 2.93. The van der Waals surface area contributed by atoms with Crippen molar-refractivity contribution in [2.75, 3.05) is 0 Å². The van der Waals surface area contributed by atoms with E-state index in [1.165, 1.54) is 0 Å². The number of benzene rings is 1. The molecule has 210 valence electrons. The molecular weight excluding hydrogens is 576 g/mol. The summed E-state index contributed by atoms with van der Waals surface area (Å²) in [7, 11) is 0. The second-order valence-electron chi connectivity index (χ2n) is 6.78. The Morgan fingerprint density at radius 1 is 0.444 bits per heavy atom. The molecule has 1 N–H and O–H groups in total. The molecule has 36 heavy (non-hydrogen) atoms. The normalized spacial score (nSPS) is 15.9. The van der Waals surface area contributed by atoms with Gasteiger partial charge in [0.25, 0.3) is 0 Å². The van der Waals surface area contributed by atoms with E-state index in [0.717, 1.165) is 0 Å². The van der Waals surface area contributed by atoms with Gasteiger partial charge in [-0.15, -0.1) is 0 Å². The first-order chi connectivity index (χ1) is 15.6. The average molecular weight is 580 g/mol. The van der Waals surface area contributed by atoms with E-state index in [9.17, 15) is 92.9 Å². The van der Waals surface area contributed by atoms with E-state index in [1.54, 1.807) is 0 Å². The zero-order valence-corrected chi connectivity index (χ0v) is 15.8. The van der Waals surface area contributed by atoms with Crippen LogP contribution >= 0.6 is 0 Å². The molecule has 0 aliphatic heterocycles. The first-order valence-electron chi connectivity index (χ1n) is 8.09. The predicted molar refractivity (Wildman–Crippen MR) is 71.5 cm³/mol. The van der Waals surface area contributed by atoms with E-state index in [2.05, 4.69) is 0 Å². The van der Waals surface area contributed by atoms with Gasteiger partial charge in [-0.1, -0.05) is 0 Å². The van der Waals surface area contributed by atoms with Gasteiger partial charge in [-0.3, -0.25) is 0 Å². The summed E-state index contributed by atoms with van der Waals surface area (Å²) in [5.41, 5.74) is -2.84. The summed E-state index contributed by atoms with van der Waals surface area (Å²) in [6.45, 7) is 0. The molecule has 0 amide bonds. The lowest BCUT2D eigenvalue weighted by atomic mass is 9.88. The minimum absolute atomic E-state index is 2.84. The van der Waals surface area contributed by atoms with Gasteiger partial charge in [-0.25, -0.2) is 22.0 Å². The standard InChI is InChI=1S/C15H4F20O/c16-4-3(5(17)7(19)8(20)6(4)18)2(36)1-9(21,22)10(23,24)11(25,26)12(27,28)13(29,30)14(31,32)15(33,34)35/h2,36H,1H2. The zero-order chi connectivity index (χ0) is 29.2. The molecule has 0 heterocycles. The lowest BCUT2D eigenvalue weighted by Gasteiger charge is -2.41. The number of alkyl halides is 15. The Hall–Kier alpha value is -2.22. The van der Waals surface area contributed by atoms with Gasteiger partial charge < -0.3 is 5.11 Å². The topological polar surface area (TPSA) is 20.2 Å². The van der Waals surface area contributed by atoms with E-state index >= 15 is 0 Å². The third-order valence-electron chi connectivity index (χ3n) is 4.42. The van der Waals surface area contributed by atoms with Crippen LogP contribution in [0, 0.1) is 29.1 Å². The maximum atomic E-state index is 13.7. The number of hydrogen-bond acceptors (Lipinski definition) is 1. The minimum atomic E-state index is -8.67. The minimum Gasteiger partial charge on any atom is -0.388 e. The van der Waals surface area contributed by atoms with E-state index in [1.807, 2.05) is 0 Å². The Morgan fingerprint density at radius 3 is 1.06 bits per heavy atom. The molecular formula is C15H4F20O. The van der Waals surface area contributed by atoms with Crippen molar-refractivity contribution < 1.29 is 92.9 Å². The fourth-order valence-electron chi connectivity index (χ4n) is 2.39. The van der Waals surface area contributed by atoms with Gasteiger partial charge in [0.2, 0.25) is 5.82 Å². The molecule has 1 nitrogen and oxygen atoms in total. The molecule has 1 unspecified atom stereocenters. The highest BCUT2D eigenvalue weighted by Crippen LogP contribution is 2.63. The third-order valence-corrected chi connectivity index (χ3v) is 4.42. The lowest BCUT2D eigenvalue weighted by molar-refractivity contribution is -0.453. The summed E-state index contributed by atoms with van der Waals surface area (Å²) in [5.74, 6) is -65.0. The Balaban J connectivity index is 3.61. The largest absolute Gasteiger partial charge is 0.460 e. The van der Waals surface area contributed by atoms with Crippen LogP contribution in [0.3, 0.4) is 0 Å². The van der Waals surface area contributed by atoms with Crippen molar-refractivity contribution >= 4 is 0 Å². The molecule has 0 aromatic heterocycles. The second kappa shape index (κ2) is 8.67. The van der Waals surface area contributed by atoms with E-state index in [0.29, 0.717) is 0 Å². The number of hydrogen-bond donors (Lipinski definition) is 1. The van der Waals surface area contributed by atoms with Gasteiger partial charge in [0, 0.05) is 6.42 Å². The highest BCUT2D eigenvalue weighted by molar-refractivity contribution is 5.26. The molecule has 0 saturated heterocycles. The van der Waals surface area contributed by atoms with Gasteiger partial charge in [0.05, 0.1) is 11.7 Å². The summed E-state index contributed by atoms with van der Waals surface area (Å²) < 4.78 is 262. The molecule has 0 aliphatic rings. The van der Waals surface area contributed by atoms with Crippen molar-refractivity contribution in [1.29, 1.82) is 0 Å². The Bertz CT molecular complexity index is 963. The quantitative estimate of drug-likeness (QED) is 0.196. The molecule has 21 heteroatoms. The Morgan fingerprint density at radius 2 is 0.722 bits per heavy atom. The van der Waals surface area contributed by atoms with Gasteiger partial charge in [0.1, 0.15) is 0 Å². The molecule has 1 rings (SSSR count). The Kier molecular flexibility index (Phi) is 7.66. The molecule has 0 spiro atoms. The lowest BCUT2D eigenvalue weighted by Crippen LogP contribution is -2.72. The maximum absolute atomic E-state index is 13.7. The fourth-order valence-corrected chi connectivity index (χ4v) is 2.39. The zero-order valence-electron chi connectivity index (χ0n) is 15.8. The molecule has 0 bridgehead atoms. The van der Waals surface area contributed by atoms with Crippen LogP contribution in [0.25, 0.3) is 0 Å². The maximum Gasteiger partial charge on any atom is 0.460 e. The number of halogens is 20. The van der Waals surface area contributed by atoms with Gasteiger partial charge in [0.15, 0.2) is 23.3 Å². The summed E-state index contributed by atoms with van der Waals surface area (Å²) in [4.78, 5) is 0. The van der Waals surface area contributed by atoms with Gasteiger partial charge in [-0.2, -0.15) is 65.9 Å². The van der Waals surface area contributed by atoms with Crippen molar-refractivity contribution in [3.8, 4) is 0 Å². The highest BCUT2D eigenvalue weighted by atomic mass is 19.4. The van der Waals surface area contributed by atoms with E-state index in [4.69, 9.17) is 0 Å². The summed E-state index contributed by atoms with van der Waals surface area (Å²) in [5, 5.41) is 9.19. The molecule has 0 saturated carbocycles. The monoisotopic (exact) mass is 580 g/mol. The van der Waals surface area contributed by atoms with Crippen LogP contribution < -0.4 is 0 Å². The van der Waals surface area contributed by atoms with Crippen LogP contribution in [0.1, 0.15) is 18.1 Å². The molecule has 0 radical (unpaired) electrons. The fraction of sp³-hybridized carbons (Fsp3) is 0.600. The van der Waals surface area contributed by atoms with Gasteiger partial charge >= 0.3 is 41.7 Å². The first-order valence-corrected chi connectivity index (χ1v) is 8.09. The predicted octanol–water partition coefficient (Wildman–Crippen LogP) is 7.18. The second-order valence-corrected chi connectivity index (χ2v) is 6.78. The van der Waals surface area contributed by atoms with E-state index < -0.39 is 88.9 Å². The van der Waals surface area contributed by atoms with Crippen LogP contribution in [0.2, 0.25) is 0 Å². The Labute approximate surface area is 183 Å². The van der Waals surface area contributed by atoms with Crippen molar-refractivity contribution in [3.63, 3.8) is 0 Å². The SMILES string of the molecule is OC(CC(F)(F)C(F)(F)C(F)(F)C(F)(F)C(F)(F)C(F)(F)C(F)(F)F)c1c(F)c(F)c(F)c(F)c1F. The van der Waals surface area contributed by atoms with Crippen LogP contribution in [0.15, 0.2) is 0 Å².